The number of hydrogen-bond donors (Lipinski definition) is 4. The minimum Gasteiger partial charge on any atom is -0.493 e. The molecule has 1 fully saturated rings. The third-order valence-electron chi connectivity index (χ3n) is 5.55. The molecular weight excluding hydrogens is 420 g/mol. The molecule has 2 aromatic heterocycles. The van der Waals surface area contributed by atoms with E-state index in [0.717, 1.165) is 30.5 Å². The monoisotopic (exact) mass is 448 g/mol. The summed E-state index contributed by atoms with van der Waals surface area (Å²) in [6, 6.07) is 9.70. The second-order valence-electron chi connectivity index (χ2n) is 8.05. The van der Waals surface area contributed by atoms with Gasteiger partial charge in [0.05, 0.1) is 19.0 Å². The van der Waals surface area contributed by atoms with Crippen LogP contribution in [-0.2, 0) is 0 Å². The van der Waals surface area contributed by atoms with Crippen LogP contribution in [0.15, 0.2) is 42.7 Å². The van der Waals surface area contributed by atoms with E-state index >= 15 is 0 Å². The maximum atomic E-state index is 7.42. The van der Waals surface area contributed by atoms with Crippen molar-refractivity contribution in [3.05, 3.63) is 48.3 Å². The van der Waals surface area contributed by atoms with Crippen LogP contribution < -0.4 is 25.8 Å². The van der Waals surface area contributed by atoms with Crippen LogP contribution in [0.2, 0.25) is 0 Å². The zero-order chi connectivity index (χ0) is 23.4. The number of nitrogen functional groups attached to an aromatic ring is 1. The lowest BCUT2D eigenvalue weighted by Crippen LogP contribution is -2.46. The van der Waals surface area contributed by atoms with Crippen LogP contribution in [0.5, 0.6) is 11.5 Å². The first-order chi connectivity index (χ1) is 15.9. The van der Waals surface area contributed by atoms with Crippen molar-refractivity contribution in [1.29, 1.82) is 5.41 Å². The number of pyridine rings is 1. The fraction of sp³-hybridized carbons (Fsp3) is 0.304. The Kier molecular flexibility index (Phi) is 6.55. The first kappa shape index (κ1) is 22.3. The van der Waals surface area contributed by atoms with Gasteiger partial charge in [0, 0.05) is 35.8 Å². The second-order valence-corrected chi connectivity index (χ2v) is 8.05. The van der Waals surface area contributed by atoms with Crippen LogP contribution in [0.4, 0.5) is 29.0 Å². The van der Waals surface area contributed by atoms with E-state index in [1.807, 2.05) is 18.2 Å². The molecule has 4 rings (SSSR count). The first-order valence-electron chi connectivity index (χ1n) is 10.6. The lowest BCUT2D eigenvalue weighted by atomic mass is 9.88. The van der Waals surface area contributed by atoms with Gasteiger partial charge in [-0.15, -0.1) is 0 Å². The van der Waals surface area contributed by atoms with E-state index in [4.69, 9.17) is 20.6 Å². The average molecular weight is 449 g/mol. The molecule has 10 nitrogen and oxygen atoms in total. The van der Waals surface area contributed by atoms with Crippen molar-refractivity contribution in [2.24, 2.45) is 0 Å². The largest absolute Gasteiger partial charge is 0.493 e. The van der Waals surface area contributed by atoms with Crippen molar-refractivity contribution in [3.8, 4) is 11.5 Å². The van der Waals surface area contributed by atoms with Crippen LogP contribution in [0, 0.1) is 5.41 Å². The topological polar surface area (TPSA) is 134 Å². The van der Waals surface area contributed by atoms with Gasteiger partial charge < -0.3 is 36.2 Å². The summed E-state index contributed by atoms with van der Waals surface area (Å²) < 4.78 is 11.7. The molecule has 2 heterocycles. The normalized spacial score (nSPS) is 17.2. The van der Waals surface area contributed by atoms with Crippen molar-refractivity contribution in [1.82, 2.24) is 19.9 Å². The third-order valence-corrected chi connectivity index (χ3v) is 5.55. The van der Waals surface area contributed by atoms with E-state index in [1.54, 1.807) is 31.6 Å². The zero-order valence-corrected chi connectivity index (χ0v) is 18.9. The highest BCUT2D eigenvalue weighted by molar-refractivity contribution is 5.85. The molecule has 1 saturated carbocycles. The molecule has 0 aliphatic heterocycles. The van der Waals surface area contributed by atoms with Crippen molar-refractivity contribution in [3.63, 3.8) is 0 Å². The predicted octanol–water partition coefficient (Wildman–Crippen LogP) is 3.42. The van der Waals surface area contributed by atoms with Gasteiger partial charge in [-0.1, -0.05) is 0 Å². The van der Waals surface area contributed by atoms with E-state index < -0.39 is 0 Å². The van der Waals surface area contributed by atoms with Crippen LogP contribution in [0.25, 0.3) is 0 Å². The van der Waals surface area contributed by atoms with Crippen LogP contribution >= 0.6 is 0 Å². The van der Waals surface area contributed by atoms with E-state index in [2.05, 4.69) is 44.6 Å². The molecule has 1 aromatic carbocycles. The number of nitrogens with one attached hydrogen (secondary N) is 3. The molecule has 1 aliphatic carbocycles. The molecule has 5 N–H and O–H groups in total. The third kappa shape index (κ3) is 5.29. The quantitative estimate of drug-likeness (QED) is 0.363. The van der Waals surface area contributed by atoms with Crippen LogP contribution in [-0.4, -0.2) is 59.4 Å². The fourth-order valence-electron chi connectivity index (χ4n) is 3.52. The van der Waals surface area contributed by atoms with Gasteiger partial charge in [0.25, 0.3) is 0 Å². The number of aromatic nitrogens is 3. The standard InChI is InChI=1S/C23H28N8O2/c1-31(2)17-10-18(11-17)33-19-5-4-15(9-20(19)32-3)29-23-26-7-6-21(30-23)28-16-8-14(12-24)22(25)27-13-16/h4-9,12-13,17-18,24H,10-11H2,1-3H3,(H2,25,27)(H2,26,28,29,30). The number of ether oxygens (including phenoxy) is 2. The molecule has 0 unspecified atom stereocenters. The Morgan fingerprint density at radius 1 is 1.09 bits per heavy atom. The SMILES string of the molecule is COc1cc(Nc2nccc(Nc3cnc(N)c(C=N)c3)n2)ccc1OC1CC(N(C)C)C1. The average Bonchev–Trinajstić information content (AvgIpc) is 2.77. The number of nitrogens with two attached hydrogens (primary N) is 1. The Balaban J connectivity index is 1.43. The predicted molar refractivity (Wildman–Crippen MR) is 129 cm³/mol. The summed E-state index contributed by atoms with van der Waals surface area (Å²) >= 11 is 0. The molecule has 0 bridgehead atoms. The molecule has 3 aromatic rings. The molecule has 0 saturated heterocycles. The highest BCUT2D eigenvalue weighted by Gasteiger charge is 2.32. The number of benzene rings is 1. The zero-order valence-electron chi connectivity index (χ0n) is 18.9. The highest BCUT2D eigenvalue weighted by Crippen LogP contribution is 2.36. The first-order valence-corrected chi connectivity index (χ1v) is 10.6. The molecule has 0 radical (unpaired) electrons. The van der Waals surface area contributed by atoms with E-state index in [0.29, 0.717) is 40.6 Å². The van der Waals surface area contributed by atoms with Gasteiger partial charge in [0.15, 0.2) is 11.5 Å². The maximum Gasteiger partial charge on any atom is 0.229 e. The molecule has 1 aliphatic rings. The molecule has 0 atom stereocenters. The Bertz CT molecular complexity index is 1130. The molecule has 172 valence electrons. The summed E-state index contributed by atoms with van der Waals surface area (Å²) in [4.78, 5) is 15.1. The van der Waals surface area contributed by atoms with Gasteiger partial charge in [0.2, 0.25) is 5.95 Å². The van der Waals surface area contributed by atoms with Crippen LogP contribution in [0.1, 0.15) is 18.4 Å². The number of anilines is 5. The summed E-state index contributed by atoms with van der Waals surface area (Å²) in [5, 5.41) is 13.8. The van der Waals surface area contributed by atoms with Gasteiger partial charge in [-0.3, -0.25) is 0 Å². The van der Waals surface area contributed by atoms with Gasteiger partial charge >= 0.3 is 0 Å². The van der Waals surface area contributed by atoms with E-state index in [9.17, 15) is 0 Å². The van der Waals surface area contributed by atoms with Crippen molar-refractivity contribution < 1.29 is 9.47 Å². The Morgan fingerprint density at radius 3 is 2.64 bits per heavy atom. The Morgan fingerprint density at radius 2 is 1.91 bits per heavy atom. The van der Waals surface area contributed by atoms with Gasteiger partial charge in [-0.05, 0) is 51.2 Å². The molecular formula is C23H28N8O2. The number of nitrogens with zero attached hydrogens (tertiary/aromatic N) is 4. The number of rotatable bonds is 9. The summed E-state index contributed by atoms with van der Waals surface area (Å²) in [6.07, 6.45) is 6.61. The van der Waals surface area contributed by atoms with Gasteiger partial charge in [-0.2, -0.15) is 4.98 Å². The fourth-order valence-corrected chi connectivity index (χ4v) is 3.52. The highest BCUT2D eigenvalue weighted by atomic mass is 16.5. The van der Waals surface area contributed by atoms with Gasteiger partial charge in [0.1, 0.15) is 17.7 Å². The van der Waals surface area contributed by atoms with Crippen molar-refractivity contribution in [2.45, 2.75) is 25.0 Å². The van der Waals surface area contributed by atoms with Crippen molar-refractivity contribution in [2.75, 3.05) is 37.6 Å². The second kappa shape index (κ2) is 9.70. The lowest BCUT2D eigenvalue weighted by molar-refractivity contribution is 0.0383. The minimum atomic E-state index is 0.201. The van der Waals surface area contributed by atoms with Crippen LogP contribution in [0.3, 0.4) is 0 Å². The Labute approximate surface area is 192 Å². The summed E-state index contributed by atoms with van der Waals surface area (Å²) in [5.74, 6) is 2.66. The number of methoxy groups -OCH3 is 1. The summed E-state index contributed by atoms with van der Waals surface area (Å²) in [7, 11) is 5.81. The number of hydrogen-bond acceptors (Lipinski definition) is 10. The van der Waals surface area contributed by atoms with E-state index in [1.165, 1.54) is 0 Å². The molecule has 33 heavy (non-hydrogen) atoms. The van der Waals surface area contributed by atoms with Gasteiger partial charge in [-0.25, -0.2) is 9.97 Å². The summed E-state index contributed by atoms with van der Waals surface area (Å²) in [5.41, 5.74) is 7.72. The minimum absolute atomic E-state index is 0.201. The molecule has 0 amide bonds. The summed E-state index contributed by atoms with van der Waals surface area (Å²) in [6.45, 7) is 0. The molecule has 10 heteroatoms. The lowest BCUT2D eigenvalue weighted by Gasteiger charge is -2.39. The maximum absolute atomic E-state index is 7.42. The van der Waals surface area contributed by atoms with E-state index in [-0.39, 0.29) is 6.10 Å². The van der Waals surface area contributed by atoms with Crippen molar-refractivity contribution >= 4 is 35.2 Å². The smallest absolute Gasteiger partial charge is 0.229 e. The Hall–Kier alpha value is -3.92. The molecule has 0 spiro atoms.